The number of carbonyl (C=O) groups is 1. The van der Waals surface area contributed by atoms with Crippen molar-refractivity contribution in [2.75, 3.05) is 0 Å². The highest BCUT2D eigenvalue weighted by atomic mass is 79.9. The SMILES string of the molecule is CCCCCC(=O)c1ccc(Br)c(C)c1. The van der Waals surface area contributed by atoms with Crippen molar-refractivity contribution in [3.63, 3.8) is 0 Å². The maximum atomic E-state index is 11.8. The molecule has 0 radical (unpaired) electrons. The zero-order valence-corrected chi connectivity index (χ0v) is 10.9. The second-order valence-corrected chi connectivity index (χ2v) is 4.70. The molecule has 1 aromatic carbocycles. The van der Waals surface area contributed by atoms with E-state index in [1.165, 1.54) is 0 Å². The van der Waals surface area contributed by atoms with E-state index in [-0.39, 0.29) is 5.78 Å². The minimum Gasteiger partial charge on any atom is -0.294 e. The van der Waals surface area contributed by atoms with E-state index in [2.05, 4.69) is 22.9 Å². The van der Waals surface area contributed by atoms with Gasteiger partial charge in [-0.05, 0) is 31.0 Å². The van der Waals surface area contributed by atoms with Gasteiger partial charge >= 0.3 is 0 Å². The molecule has 1 rings (SSSR count). The van der Waals surface area contributed by atoms with Crippen molar-refractivity contribution in [3.05, 3.63) is 33.8 Å². The van der Waals surface area contributed by atoms with Crippen molar-refractivity contribution in [3.8, 4) is 0 Å². The van der Waals surface area contributed by atoms with Gasteiger partial charge in [-0.25, -0.2) is 0 Å². The van der Waals surface area contributed by atoms with Crippen LogP contribution in [0.1, 0.15) is 48.5 Å². The number of ketones is 1. The lowest BCUT2D eigenvalue weighted by Crippen LogP contribution is -1.99. The number of unbranched alkanes of at least 4 members (excludes halogenated alkanes) is 2. The molecule has 0 aliphatic heterocycles. The quantitative estimate of drug-likeness (QED) is 0.567. The van der Waals surface area contributed by atoms with E-state index in [4.69, 9.17) is 0 Å². The maximum absolute atomic E-state index is 11.8. The van der Waals surface area contributed by atoms with Crippen LogP contribution in [-0.4, -0.2) is 5.78 Å². The number of hydrogen-bond donors (Lipinski definition) is 0. The smallest absolute Gasteiger partial charge is 0.162 e. The number of aryl methyl sites for hydroxylation is 1. The first-order chi connectivity index (χ1) is 7.15. The van der Waals surface area contributed by atoms with E-state index < -0.39 is 0 Å². The van der Waals surface area contributed by atoms with E-state index in [1.54, 1.807) is 0 Å². The van der Waals surface area contributed by atoms with Gasteiger partial charge in [0, 0.05) is 16.5 Å². The number of halogens is 1. The zero-order valence-electron chi connectivity index (χ0n) is 9.35. The van der Waals surface area contributed by atoms with E-state index in [0.717, 1.165) is 34.9 Å². The van der Waals surface area contributed by atoms with Gasteiger partial charge in [0.2, 0.25) is 0 Å². The highest BCUT2D eigenvalue weighted by Crippen LogP contribution is 2.18. The third kappa shape index (κ3) is 3.78. The van der Waals surface area contributed by atoms with Gasteiger partial charge in [0.15, 0.2) is 5.78 Å². The molecule has 0 saturated carbocycles. The summed E-state index contributed by atoms with van der Waals surface area (Å²) in [6.45, 7) is 4.15. The Bertz CT molecular complexity index is 344. The molecule has 0 amide bonds. The molecule has 0 fully saturated rings. The van der Waals surface area contributed by atoms with Crippen LogP contribution in [0.25, 0.3) is 0 Å². The number of carbonyl (C=O) groups excluding carboxylic acids is 1. The van der Waals surface area contributed by atoms with Crippen LogP contribution in [0.5, 0.6) is 0 Å². The largest absolute Gasteiger partial charge is 0.294 e. The molecule has 0 saturated heterocycles. The normalized spacial score (nSPS) is 10.3. The second-order valence-electron chi connectivity index (χ2n) is 3.84. The molecule has 0 unspecified atom stereocenters. The summed E-state index contributed by atoms with van der Waals surface area (Å²) in [6, 6.07) is 5.80. The Morgan fingerprint density at radius 2 is 2.07 bits per heavy atom. The van der Waals surface area contributed by atoms with Crippen LogP contribution < -0.4 is 0 Å². The summed E-state index contributed by atoms with van der Waals surface area (Å²) in [6.07, 6.45) is 3.98. The minimum atomic E-state index is 0.263. The molecule has 0 aliphatic rings. The molecule has 0 aromatic heterocycles. The van der Waals surface area contributed by atoms with Crippen molar-refractivity contribution in [2.24, 2.45) is 0 Å². The molecule has 0 aliphatic carbocycles. The Labute approximate surface area is 100 Å². The summed E-state index contributed by atoms with van der Waals surface area (Å²) >= 11 is 3.43. The molecule has 0 N–H and O–H groups in total. The van der Waals surface area contributed by atoms with Gasteiger partial charge in [-0.1, -0.05) is 41.8 Å². The maximum Gasteiger partial charge on any atom is 0.162 e. The average molecular weight is 269 g/mol. The summed E-state index contributed by atoms with van der Waals surface area (Å²) < 4.78 is 1.06. The second kappa shape index (κ2) is 6.06. The van der Waals surface area contributed by atoms with Crippen molar-refractivity contribution in [2.45, 2.75) is 39.5 Å². The van der Waals surface area contributed by atoms with Crippen LogP contribution in [0, 0.1) is 6.92 Å². The van der Waals surface area contributed by atoms with Crippen molar-refractivity contribution < 1.29 is 4.79 Å². The molecule has 0 bridgehead atoms. The third-order valence-electron chi connectivity index (χ3n) is 2.49. The predicted octanol–water partition coefficient (Wildman–Crippen LogP) is 4.52. The standard InChI is InChI=1S/C13H17BrO/c1-3-4-5-6-13(15)11-7-8-12(14)10(2)9-11/h7-9H,3-6H2,1-2H3. The Morgan fingerprint density at radius 3 is 2.67 bits per heavy atom. The Morgan fingerprint density at radius 1 is 1.33 bits per heavy atom. The van der Waals surface area contributed by atoms with Gasteiger partial charge < -0.3 is 0 Å². The number of rotatable bonds is 5. The fraction of sp³-hybridized carbons (Fsp3) is 0.462. The molecule has 0 atom stereocenters. The lowest BCUT2D eigenvalue weighted by molar-refractivity contribution is 0.0979. The highest BCUT2D eigenvalue weighted by Gasteiger charge is 2.06. The first kappa shape index (κ1) is 12.4. The van der Waals surface area contributed by atoms with Gasteiger partial charge in [-0.3, -0.25) is 4.79 Å². The first-order valence-corrected chi connectivity index (χ1v) is 6.23. The summed E-state index contributed by atoms with van der Waals surface area (Å²) in [5.41, 5.74) is 1.96. The summed E-state index contributed by atoms with van der Waals surface area (Å²) in [5, 5.41) is 0. The van der Waals surface area contributed by atoms with Crippen molar-refractivity contribution >= 4 is 21.7 Å². The van der Waals surface area contributed by atoms with Crippen LogP contribution in [-0.2, 0) is 0 Å². The fourth-order valence-electron chi connectivity index (χ4n) is 1.50. The lowest BCUT2D eigenvalue weighted by Gasteiger charge is -2.03. The highest BCUT2D eigenvalue weighted by molar-refractivity contribution is 9.10. The molecular weight excluding hydrogens is 252 g/mol. The monoisotopic (exact) mass is 268 g/mol. The molecule has 0 heterocycles. The van der Waals surface area contributed by atoms with Crippen LogP contribution >= 0.6 is 15.9 Å². The van der Waals surface area contributed by atoms with E-state index in [1.807, 2.05) is 25.1 Å². The number of hydrogen-bond acceptors (Lipinski definition) is 1. The molecule has 15 heavy (non-hydrogen) atoms. The lowest BCUT2D eigenvalue weighted by atomic mass is 10.0. The van der Waals surface area contributed by atoms with Gasteiger partial charge in [0.05, 0.1) is 0 Å². The van der Waals surface area contributed by atoms with Gasteiger partial charge in [0.25, 0.3) is 0 Å². The Kier molecular flexibility index (Phi) is 5.03. The average Bonchev–Trinajstić information content (AvgIpc) is 2.22. The summed E-state index contributed by atoms with van der Waals surface area (Å²) in [7, 11) is 0. The molecule has 82 valence electrons. The topological polar surface area (TPSA) is 17.1 Å². The fourth-order valence-corrected chi connectivity index (χ4v) is 1.74. The summed E-state index contributed by atoms with van der Waals surface area (Å²) in [5.74, 6) is 0.263. The van der Waals surface area contributed by atoms with Crippen molar-refractivity contribution in [1.82, 2.24) is 0 Å². The van der Waals surface area contributed by atoms with Crippen LogP contribution in [0.15, 0.2) is 22.7 Å². The van der Waals surface area contributed by atoms with E-state index >= 15 is 0 Å². The van der Waals surface area contributed by atoms with E-state index in [9.17, 15) is 4.79 Å². The third-order valence-corrected chi connectivity index (χ3v) is 3.38. The van der Waals surface area contributed by atoms with Gasteiger partial charge in [-0.15, -0.1) is 0 Å². The summed E-state index contributed by atoms with van der Waals surface area (Å²) in [4.78, 5) is 11.8. The zero-order chi connectivity index (χ0) is 11.3. The van der Waals surface area contributed by atoms with Crippen LogP contribution in [0.3, 0.4) is 0 Å². The number of benzene rings is 1. The molecule has 2 heteroatoms. The molecular formula is C13H17BrO. The van der Waals surface area contributed by atoms with Gasteiger partial charge in [-0.2, -0.15) is 0 Å². The van der Waals surface area contributed by atoms with Gasteiger partial charge in [0.1, 0.15) is 0 Å². The molecule has 0 spiro atoms. The van der Waals surface area contributed by atoms with Crippen LogP contribution in [0.2, 0.25) is 0 Å². The molecule has 1 aromatic rings. The van der Waals surface area contributed by atoms with E-state index in [0.29, 0.717) is 6.42 Å². The Balaban J connectivity index is 2.62. The predicted molar refractivity (Wildman–Crippen MR) is 67.4 cm³/mol. The van der Waals surface area contributed by atoms with Crippen LogP contribution in [0.4, 0.5) is 0 Å². The Hall–Kier alpha value is -0.630. The first-order valence-electron chi connectivity index (χ1n) is 5.44. The minimum absolute atomic E-state index is 0.263. The number of Topliss-reactive ketones (excluding diaryl/α,β-unsaturated/α-hetero) is 1. The van der Waals surface area contributed by atoms with Crippen molar-refractivity contribution in [1.29, 1.82) is 0 Å². The molecule has 1 nitrogen and oxygen atoms in total.